The Morgan fingerprint density at radius 2 is 1.93 bits per heavy atom. The number of Topliss-reactive ketones (excluding diaryl/α,β-unsaturated/α-hetero) is 1. The third-order valence-corrected chi connectivity index (χ3v) is 4.49. The summed E-state index contributed by atoms with van der Waals surface area (Å²) in [6, 6.07) is 8.81. The van der Waals surface area contributed by atoms with Gasteiger partial charge in [0.05, 0.1) is 12.1 Å². The SMILES string of the molecule is O=C(Cc1csc(-c2cccnc2)n1)OCC(=O)c1ccc(OC(F)F)cc1. The van der Waals surface area contributed by atoms with Crippen molar-refractivity contribution in [3.8, 4) is 16.3 Å². The van der Waals surface area contributed by atoms with Gasteiger partial charge in [0.1, 0.15) is 10.8 Å². The van der Waals surface area contributed by atoms with Gasteiger partial charge < -0.3 is 9.47 Å². The molecule has 0 aliphatic carbocycles. The molecule has 0 saturated carbocycles. The zero-order chi connectivity index (χ0) is 19.9. The van der Waals surface area contributed by atoms with Crippen molar-refractivity contribution in [2.24, 2.45) is 0 Å². The molecule has 6 nitrogen and oxygen atoms in total. The molecule has 0 N–H and O–H groups in total. The lowest BCUT2D eigenvalue weighted by Gasteiger charge is -2.06. The molecule has 1 aromatic carbocycles. The topological polar surface area (TPSA) is 78.4 Å². The Morgan fingerprint density at radius 3 is 2.61 bits per heavy atom. The van der Waals surface area contributed by atoms with E-state index in [1.807, 2.05) is 6.07 Å². The summed E-state index contributed by atoms with van der Waals surface area (Å²) in [7, 11) is 0. The molecule has 144 valence electrons. The van der Waals surface area contributed by atoms with Gasteiger partial charge >= 0.3 is 12.6 Å². The fourth-order valence-electron chi connectivity index (χ4n) is 2.26. The largest absolute Gasteiger partial charge is 0.457 e. The van der Waals surface area contributed by atoms with E-state index in [-0.39, 0.29) is 17.7 Å². The summed E-state index contributed by atoms with van der Waals surface area (Å²) < 4.78 is 33.4. The number of ketones is 1. The van der Waals surface area contributed by atoms with E-state index in [9.17, 15) is 18.4 Å². The quantitative estimate of drug-likeness (QED) is 0.420. The predicted octanol–water partition coefficient (Wildman–Crippen LogP) is 3.78. The minimum atomic E-state index is -2.94. The standard InChI is InChI=1S/C19H14F2N2O4S/c20-19(21)27-15-5-3-12(4-6-15)16(24)10-26-17(25)8-14-11-28-18(23-14)13-2-1-7-22-9-13/h1-7,9,11,19H,8,10H2. The monoisotopic (exact) mass is 404 g/mol. The van der Waals surface area contributed by atoms with E-state index >= 15 is 0 Å². The van der Waals surface area contributed by atoms with Crippen LogP contribution in [0.2, 0.25) is 0 Å². The van der Waals surface area contributed by atoms with Crippen LogP contribution >= 0.6 is 11.3 Å². The lowest BCUT2D eigenvalue weighted by molar-refractivity contribution is -0.141. The predicted molar refractivity (Wildman–Crippen MR) is 97.4 cm³/mol. The highest BCUT2D eigenvalue weighted by atomic mass is 32.1. The van der Waals surface area contributed by atoms with Gasteiger partial charge in [0.15, 0.2) is 12.4 Å². The first-order valence-corrected chi connectivity index (χ1v) is 8.98. The second-order valence-electron chi connectivity index (χ2n) is 5.55. The van der Waals surface area contributed by atoms with E-state index in [0.29, 0.717) is 5.69 Å². The number of esters is 1. The molecule has 0 spiro atoms. The number of pyridine rings is 1. The van der Waals surface area contributed by atoms with Gasteiger partial charge in [0, 0.05) is 28.9 Å². The van der Waals surface area contributed by atoms with Crippen LogP contribution in [0.25, 0.3) is 10.6 Å². The molecule has 0 bridgehead atoms. The lowest BCUT2D eigenvalue weighted by Crippen LogP contribution is -2.15. The number of hydrogen-bond donors (Lipinski definition) is 0. The Morgan fingerprint density at radius 1 is 1.14 bits per heavy atom. The van der Waals surface area contributed by atoms with E-state index in [1.54, 1.807) is 23.8 Å². The number of benzene rings is 1. The second-order valence-corrected chi connectivity index (χ2v) is 6.41. The normalized spacial score (nSPS) is 10.7. The highest BCUT2D eigenvalue weighted by Crippen LogP contribution is 2.23. The Kier molecular flexibility index (Phi) is 6.38. The summed E-state index contributed by atoms with van der Waals surface area (Å²) in [6.07, 6.45) is 3.27. The molecule has 28 heavy (non-hydrogen) atoms. The van der Waals surface area contributed by atoms with Crippen molar-refractivity contribution in [3.63, 3.8) is 0 Å². The molecule has 3 aromatic rings. The van der Waals surface area contributed by atoms with E-state index in [1.165, 1.54) is 35.6 Å². The first kappa shape index (κ1) is 19.6. The number of halogens is 2. The number of nitrogens with zero attached hydrogens (tertiary/aromatic N) is 2. The maximum atomic E-state index is 12.1. The van der Waals surface area contributed by atoms with Gasteiger partial charge in [-0.1, -0.05) is 0 Å². The maximum Gasteiger partial charge on any atom is 0.387 e. The van der Waals surface area contributed by atoms with Crippen molar-refractivity contribution in [1.29, 1.82) is 0 Å². The fourth-order valence-corrected chi connectivity index (χ4v) is 3.07. The van der Waals surface area contributed by atoms with Gasteiger partial charge in [-0.25, -0.2) is 4.98 Å². The maximum absolute atomic E-state index is 12.1. The molecule has 0 unspecified atom stereocenters. The number of carbonyl (C=O) groups excluding carboxylic acids is 2. The lowest BCUT2D eigenvalue weighted by atomic mass is 10.1. The smallest absolute Gasteiger partial charge is 0.387 e. The zero-order valence-corrected chi connectivity index (χ0v) is 15.2. The third kappa shape index (κ3) is 5.40. The molecule has 0 aliphatic heterocycles. The number of rotatable bonds is 8. The number of carbonyl (C=O) groups is 2. The Bertz CT molecular complexity index is 946. The first-order valence-electron chi connectivity index (χ1n) is 8.10. The van der Waals surface area contributed by atoms with Crippen molar-refractivity contribution < 1.29 is 27.8 Å². The molecule has 3 rings (SSSR count). The summed E-state index contributed by atoms with van der Waals surface area (Å²) in [5.74, 6) is -1.10. The van der Waals surface area contributed by atoms with Crippen LogP contribution < -0.4 is 4.74 Å². The number of thiazole rings is 1. The Hall–Kier alpha value is -3.20. The summed E-state index contributed by atoms with van der Waals surface area (Å²) in [6.45, 7) is -3.39. The highest BCUT2D eigenvalue weighted by Gasteiger charge is 2.14. The van der Waals surface area contributed by atoms with Crippen molar-refractivity contribution in [3.05, 3.63) is 65.4 Å². The van der Waals surface area contributed by atoms with Crippen molar-refractivity contribution in [2.45, 2.75) is 13.0 Å². The van der Waals surface area contributed by atoms with E-state index in [2.05, 4.69) is 14.7 Å². The van der Waals surface area contributed by atoms with Crippen molar-refractivity contribution >= 4 is 23.1 Å². The van der Waals surface area contributed by atoms with Crippen LogP contribution in [-0.2, 0) is 16.0 Å². The van der Waals surface area contributed by atoms with Crippen LogP contribution in [0.1, 0.15) is 16.1 Å². The number of aromatic nitrogens is 2. The number of ether oxygens (including phenoxy) is 2. The molecule has 9 heteroatoms. The van der Waals surface area contributed by atoms with Crippen LogP contribution in [0.3, 0.4) is 0 Å². The average molecular weight is 404 g/mol. The summed E-state index contributed by atoms with van der Waals surface area (Å²) in [5, 5.41) is 2.48. The molecular formula is C19H14F2N2O4S. The Balaban J connectivity index is 1.50. The molecule has 2 aromatic heterocycles. The molecule has 2 heterocycles. The fraction of sp³-hybridized carbons (Fsp3) is 0.158. The molecule has 0 atom stereocenters. The highest BCUT2D eigenvalue weighted by molar-refractivity contribution is 7.13. The van der Waals surface area contributed by atoms with Crippen LogP contribution in [0.4, 0.5) is 8.78 Å². The molecule has 0 aliphatic rings. The van der Waals surface area contributed by atoms with Gasteiger partial charge in [0.25, 0.3) is 0 Å². The number of alkyl halides is 2. The van der Waals surface area contributed by atoms with Crippen LogP contribution in [0, 0.1) is 0 Å². The van der Waals surface area contributed by atoms with Crippen molar-refractivity contribution in [1.82, 2.24) is 9.97 Å². The summed E-state index contributed by atoms with van der Waals surface area (Å²) >= 11 is 1.38. The summed E-state index contributed by atoms with van der Waals surface area (Å²) in [5.41, 5.74) is 1.61. The van der Waals surface area contributed by atoms with Gasteiger partial charge in [0.2, 0.25) is 0 Å². The van der Waals surface area contributed by atoms with E-state index < -0.39 is 25.0 Å². The summed E-state index contributed by atoms with van der Waals surface area (Å²) in [4.78, 5) is 32.4. The van der Waals surface area contributed by atoms with Crippen LogP contribution in [-0.4, -0.2) is 34.9 Å². The van der Waals surface area contributed by atoms with E-state index in [4.69, 9.17) is 4.74 Å². The minimum Gasteiger partial charge on any atom is -0.457 e. The molecule has 0 saturated heterocycles. The van der Waals surface area contributed by atoms with Crippen molar-refractivity contribution in [2.75, 3.05) is 6.61 Å². The first-order chi connectivity index (χ1) is 13.5. The van der Waals surface area contributed by atoms with Crippen LogP contribution in [0.15, 0.2) is 54.2 Å². The van der Waals surface area contributed by atoms with Gasteiger partial charge in [-0.3, -0.25) is 14.6 Å². The average Bonchev–Trinajstić information content (AvgIpc) is 3.15. The van der Waals surface area contributed by atoms with Gasteiger partial charge in [-0.05, 0) is 36.4 Å². The zero-order valence-electron chi connectivity index (χ0n) is 14.4. The minimum absolute atomic E-state index is 0.0588. The molecule has 0 fully saturated rings. The van der Waals surface area contributed by atoms with E-state index in [0.717, 1.165) is 10.6 Å². The molecule has 0 radical (unpaired) electrons. The number of hydrogen-bond acceptors (Lipinski definition) is 7. The molecule has 0 amide bonds. The second kappa shape index (κ2) is 9.14. The molecular weight excluding hydrogens is 390 g/mol. The third-order valence-electron chi connectivity index (χ3n) is 3.55. The van der Waals surface area contributed by atoms with Gasteiger partial charge in [-0.2, -0.15) is 8.78 Å². The van der Waals surface area contributed by atoms with Crippen LogP contribution in [0.5, 0.6) is 5.75 Å². The van der Waals surface area contributed by atoms with Gasteiger partial charge in [-0.15, -0.1) is 11.3 Å². The Labute approximate surface area is 162 Å².